The molecule has 2 aromatic rings. The number of nitrogens with one attached hydrogen (secondary N) is 1. The Balaban J connectivity index is 2.10. The molecule has 0 saturated carbocycles. The molecule has 0 aliphatic heterocycles. The number of aromatic nitrogens is 2. The summed E-state index contributed by atoms with van der Waals surface area (Å²) < 4.78 is 1.22. The summed E-state index contributed by atoms with van der Waals surface area (Å²) in [5, 5.41) is 2.66. The van der Waals surface area contributed by atoms with Crippen LogP contribution in [0.25, 0.3) is 0 Å². The second kappa shape index (κ2) is 5.34. The number of nitrogens with two attached hydrogens (primary N) is 1. The fraction of sp³-hybridized carbons (Fsp3) is 0.154. The molecule has 0 unspecified atom stereocenters. The molecule has 0 bridgehead atoms. The third-order valence-corrected chi connectivity index (χ3v) is 2.58. The molecule has 0 radical (unpaired) electrons. The number of rotatable bonds is 3. The third kappa shape index (κ3) is 3.19. The van der Waals surface area contributed by atoms with Crippen molar-refractivity contribution in [3.63, 3.8) is 0 Å². The smallest absolute Gasteiger partial charge is 0.347 e. The molecule has 19 heavy (non-hydrogen) atoms. The molecule has 6 heteroatoms. The number of hydrogen-bond donors (Lipinski definition) is 2. The van der Waals surface area contributed by atoms with E-state index in [4.69, 9.17) is 5.73 Å². The number of nitrogen functional groups attached to an aromatic ring is 1. The van der Waals surface area contributed by atoms with Crippen molar-refractivity contribution in [3.05, 3.63) is 52.7 Å². The van der Waals surface area contributed by atoms with Gasteiger partial charge in [-0.05, 0) is 30.7 Å². The minimum atomic E-state index is -0.463. The number of aryl methyl sites for hydroxylation is 1. The quantitative estimate of drug-likeness (QED) is 0.796. The molecule has 0 spiro atoms. The molecule has 98 valence electrons. The average molecular weight is 258 g/mol. The Morgan fingerprint density at radius 3 is 2.95 bits per heavy atom. The van der Waals surface area contributed by atoms with Crippen LogP contribution >= 0.6 is 0 Å². The number of carbonyl (C=O) groups is 1. The van der Waals surface area contributed by atoms with Crippen molar-refractivity contribution in [2.24, 2.45) is 0 Å². The largest absolute Gasteiger partial charge is 0.397 e. The van der Waals surface area contributed by atoms with Crippen LogP contribution in [0, 0.1) is 6.92 Å². The molecule has 0 atom stereocenters. The Kier molecular flexibility index (Phi) is 3.61. The Morgan fingerprint density at radius 2 is 2.26 bits per heavy atom. The van der Waals surface area contributed by atoms with E-state index in [0.717, 1.165) is 5.56 Å². The normalized spacial score (nSPS) is 10.2. The minimum absolute atomic E-state index is 0.0972. The lowest BCUT2D eigenvalue weighted by molar-refractivity contribution is -0.116. The van der Waals surface area contributed by atoms with Crippen molar-refractivity contribution >= 4 is 17.3 Å². The molecule has 2 rings (SSSR count). The van der Waals surface area contributed by atoms with E-state index >= 15 is 0 Å². The number of carbonyl (C=O) groups excluding carboxylic acids is 1. The van der Waals surface area contributed by atoms with Gasteiger partial charge in [0.15, 0.2) is 0 Å². The van der Waals surface area contributed by atoms with Crippen LogP contribution in [-0.4, -0.2) is 15.5 Å². The Bertz CT molecular complexity index is 664. The zero-order valence-corrected chi connectivity index (χ0v) is 10.5. The maximum atomic E-state index is 11.8. The molecule has 3 N–H and O–H groups in total. The van der Waals surface area contributed by atoms with Gasteiger partial charge in [0, 0.05) is 12.4 Å². The summed E-state index contributed by atoms with van der Waals surface area (Å²) in [6, 6.07) is 6.94. The summed E-state index contributed by atoms with van der Waals surface area (Å²) in [7, 11) is 0. The lowest BCUT2D eigenvalue weighted by Crippen LogP contribution is -2.28. The first kappa shape index (κ1) is 12.8. The number of anilines is 2. The van der Waals surface area contributed by atoms with Gasteiger partial charge in [-0.2, -0.15) is 0 Å². The molecule has 6 nitrogen and oxygen atoms in total. The fourth-order valence-electron chi connectivity index (χ4n) is 1.65. The maximum Gasteiger partial charge on any atom is 0.347 e. The third-order valence-electron chi connectivity index (χ3n) is 2.58. The summed E-state index contributed by atoms with van der Waals surface area (Å²) >= 11 is 0. The molecule has 1 aromatic carbocycles. The van der Waals surface area contributed by atoms with E-state index < -0.39 is 5.69 Å². The standard InChI is InChI=1S/C13H14N4O2/c1-9-3-4-11(10(14)7-9)16-12(18)8-17-6-2-5-15-13(17)19/h2-7H,8,14H2,1H3,(H,16,18). The molecule has 0 aliphatic carbocycles. The van der Waals surface area contributed by atoms with E-state index in [2.05, 4.69) is 10.3 Å². The fourth-order valence-corrected chi connectivity index (χ4v) is 1.65. The van der Waals surface area contributed by atoms with E-state index in [9.17, 15) is 9.59 Å². The molecule has 0 fully saturated rings. The molecular formula is C13H14N4O2. The average Bonchev–Trinajstić information content (AvgIpc) is 2.36. The SMILES string of the molecule is Cc1ccc(NC(=O)Cn2cccnc2=O)c(N)c1. The van der Waals surface area contributed by atoms with E-state index in [-0.39, 0.29) is 12.5 Å². The number of nitrogens with zero attached hydrogens (tertiary/aromatic N) is 2. The summed E-state index contributed by atoms with van der Waals surface area (Å²) in [6.07, 6.45) is 2.89. The molecule has 1 amide bonds. The van der Waals surface area contributed by atoms with Gasteiger partial charge in [-0.25, -0.2) is 9.78 Å². The summed E-state index contributed by atoms with van der Waals surface area (Å²) in [5.74, 6) is -0.328. The molecule has 0 saturated heterocycles. The van der Waals surface area contributed by atoms with E-state index in [0.29, 0.717) is 11.4 Å². The molecule has 1 aromatic heterocycles. The monoisotopic (exact) mass is 258 g/mol. The second-order valence-electron chi connectivity index (χ2n) is 4.17. The lowest BCUT2D eigenvalue weighted by Gasteiger charge is -2.09. The number of hydrogen-bond acceptors (Lipinski definition) is 4. The van der Waals surface area contributed by atoms with Crippen LogP contribution in [0.2, 0.25) is 0 Å². The van der Waals surface area contributed by atoms with Gasteiger partial charge in [0.2, 0.25) is 5.91 Å². The van der Waals surface area contributed by atoms with Crippen molar-refractivity contribution < 1.29 is 4.79 Å². The van der Waals surface area contributed by atoms with Gasteiger partial charge in [0.05, 0.1) is 11.4 Å². The Hall–Kier alpha value is -2.63. The van der Waals surface area contributed by atoms with Gasteiger partial charge < -0.3 is 11.1 Å². The van der Waals surface area contributed by atoms with E-state index in [1.54, 1.807) is 18.2 Å². The van der Waals surface area contributed by atoms with Crippen LogP contribution in [0.3, 0.4) is 0 Å². The number of benzene rings is 1. The van der Waals surface area contributed by atoms with Gasteiger partial charge in [0.25, 0.3) is 0 Å². The van der Waals surface area contributed by atoms with E-state index in [1.165, 1.54) is 17.0 Å². The van der Waals surface area contributed by atoms with Gasteiger partial charge >= 0.3 is 5.69 Å². The first-order valence-electron chi connectivity index (χ1n) is 5.74. The van der Waals surface area contributed by atoms with Gasteiger partial charge in [-0.3, -0.25) is 9.36 Å². The predicted molar refractivity (Wildman–Crippen MR) is 72.7 cm³/mol. The minimum Gasteiger partial charge on any atom is -0.397 e. The van der Waals surface area contributed by atoms with Crippen molar-refractivity contribution in [1.82, 2.24) is 9.55 Å². The highest BCUT2D eigenvalue weighted by molar-refractivity contribution is 5.93. The van der Waals surface area contributed by atoms with Crippen LogP contribution in [0.5, 0.6) is 0 Å². The highest BCUT2D eigenvalue weighted by Crippen LogP contribution is 2.19. The van der Waals surface area contributed by atoms with Crippen LogP contribution < -0.4 is 16.7 Å². The molecule has 1 heterocycles. The lowest BCUT2D eigenvalue weighted by atomic mass is 10.2. The van der Waals surface area contributed by atoms with Gasteiger partial charge in [-0.15, -0.1) is 0 Å². The van der Waals surface area contributed by atoms with Crippen LogP contribution in [0.15, 0.2) is 41.5 Å². The Morgan fingerprint density at radius 1 is 1.47 bits per heavy atom. The van der Waals surface area contributed by atoms with Gasteiger partial charge in [0.1, 0.15) is 6.54 Å². The van der Waals surface area contributed by atoms with Crippen molar-refractivity contribution in [1.29, 1.82) is 0 Å². The van der Waals surface area contributed by atoms with Crippen molar-refractivity contribution in [2.45, 2.75) is 13.5 Å². The molecular weight excluding hydrogens is 244 g/mol. The van der Waals surface area contributed by atoms with Crippen molar-refractivity contribution in [3.8, 4) is 0 Å². The highest BCUT2D eigenvalue weighted by atomic mass is 16.2. The summed E-state index contributed by atoms with van der Waals surface area (Å²) in [4.78, 5) is 26.8. The zero-order chi connectivity index (χ0) is 13.8. The van der Waals surface area contributed by atoms with E-state index in [1.807, 2.05) is 13.0 Å². The first-order valence-corrected chi connectivity index (χ1v) is 5.74. The zero-order valence-electron chi connectivity index (χ0n) is 10.5. The van der Waals surface area contributed by atoms with Crippen LogP contribution in [0.4, 0.5) is 11.4 Å². The van der Waals surface area contributed by atoms with Crippen LogP contribution in [0.1, 0.15) is 5.56 Å². The second-order valence-corrected chi connectivity index (χ2v) is 4.17. The summed E-state index contributed by atoms with van der Waals surface area (Å²) in [5.41, 5.74) is 7.37. The molecule has 0 aliphatic rings. The predicted octanol–water partition coefficient (Wildman–Crippen LogP) is 0.773. The van der Waals surface area contributed by atoms with Crippen molar-refractivity contribution in [2.75, 3.05) is 11.1 Å². The highest BCUT2D eigenvalue weighted by Gasteiger charge is 2.07. The first-order chi connectivity index (χ1) is 9.06. The number of amides is 1. The summed E-state index contributed by atoms with van der Waals surface area (Å²) in [6.45, 7) is 1.82. The topological polar surface area (TPSA) is 90.0 Å². The van der Waals surface area contributed by atoms with Gasteiger partial charge in [-0.1, -0.05) is 6.07 Å². The Labute approximate surface area is 109 Å². The maximum absolute atomic E-state index is 11.8. The van der Waals surface area contributed by atoms with Crippen LogP contribution in [-0.2, 0) is 11.3 Å².